The van der Waals surface area contributed by atoms with Crippen LogP contribution in [-0.4, -0.2) is 20.7 Å². The van der Waals surface area contributed by atoms with Gasteiger partial charge in [0, 0.05) is 19.2 Å². The van der Waals surface area contributed by atoms with Gasteiger partial charge in [0.25, 0.3) is 5.91 Å². The van der Waals surface area contributed by atoms with Gasteiger partial charge in [-0.3, -0.25) is 9.48 Å². The summed E-state index contributed by atoms with van der Waals surface area (Å²) in [6.07, 6.45) is 1.58. The standard InChI is InChI=1S/C13H14N4O2/c1-8-5-9(17(2)16-8)7-14-13(18)11-6-12-10(15-11)3-4-19-12/h3-6,15H,7H2,1-2H3,(H,14,18). The molecule has 0 saturated heterocycles. The van der Waals surface area contributed by atoms with Gasteiger partial charge in [0.05, 0.1) is 29.7 Å². The first-order valence-electron chi connectivity index (χ1n) is 5.97. The molecule has 3 rings (SSSR count). The minimum atomic E-state index is -0.162. The summed E-state index contributed by atoms with van der Waals surface area (Å²) in [5.74, 6) is -0.162. The van der Waals surface area contributed by atoms with Crippen molar-refractivity contribution in [2.45, 2.75) is 13.5 Å². The summed E-state index contributed by atoms with van der Waals surface area (Å²) in [5, 5.41) is 7.08. The molecule has 0 fully saturated rings. The minimum absolute atomic E-state index is 0.162. The third-order valence-electron chi connectivity index (χ3n) is 3.01. The molecule has 0 radical (unpaired) electrons. The van der Waals surface area contributed by atoms with Crippen LogP contribution in [0.4, 0.5) is 0 Å². The molecule has 0 aliphatic carbocycles. The lowest BCUT2D eigenvalue weighted by atomic mass is 10.3. The molecule has 0 unspecified atom stereocenters. The third kappa shape index (κ3) is 2.12. The van der Waals surface area contributed by atoms with Gasteiger partial charge >= 0.3 is 0 Å². The van der Waals surface area contributed by atoms with E-state index in [1.54, 1.807) is 23.1 Å². The number of carbonyl (C=O) groups excluding carboxylic acids is 1. The van der Waals surface area contributed by atoms with Crippen LogP contribution in [-0.2, 0) is 13.6 Å². The van der Waals surface area contributed by atoms with Crippen molar-refractivity contribution in [2.75, 3.05) is 0 Å². The molecule has 3 aromatic heterocycles. The fourth-order valence-electron chi connectivity index (χ4n) is 2.07. The Morgan fingerprint density at radius 2 is 2.37 bits per heavy atom. The Balaban J connectivity index is 1.71. The summed E-state index contributed by atoms with van der Waals surface area (Å²) < 4.78 is 6.97. The number of hydrogen-bond donors (Lipinski definition) is 2. The van der Waals surface area contributed by atoms with E-state index in [4.69, 9.17) is 4.42 Å². The van der Waals surface area contributed by atoms with Crippen molar-refractivity contribution in [1.29, 1.82) is 0 Å². The van der Waals surface area contributed by atoms with Gasteiger partial charge in [-0.15, -0.1) is 0 Å². The van der Waals surface area contributed by atoms with Gasteiger partial charge in [-0.2, -0.15) is 5.10 Å². The Morgan fingerprint density at radius 1 is 1.53 bits per heavy atom. The van der Waals surface area contributed by atoms with Crippen LogP contribution in [0.1, 0.15) is 21.9 Å². The van der Waals surface area contributed by atoms with Crippen molar-refractivity contribution in [3.63, 3.8) is 0 Å². The molecule has 0 aromatic carbocycles. The summed E-state index contributed by atoms with van der Waals surface area (Å²) in [5.41, 5.74) is 3.89. The maximum Gasteiger partial charge on any atom is 0.268 e. The van der Waals surface area contributed by atoms with Gasteiger partial charge in [0.1, 0.15) is 5.69 Å². The molecule has 0 aliphatic rings. The van der Waals surface area contributed by atoms with Gasteiger partial charge in [-0.25, -0.2) is 0 Å². The second kappa shape index (κ2) is 4.31. The van der Waals surface area contributed by atoms with Crippen LogP contribution in [0.2, 0.25) is 0 Å². The molecular weight excluding hydrogens is 244 g/mol. The molecule has 1 amide bonds. The van der Waals surface area contributed by atoms with E-state index < -0.39 is 0 Å². The van der Waals surface area contributed by atoms with Crippen LogP contribution >= 0.6 is 0 Å². The lowest BCUT2D eigenvalue weighted by molar-refractivity contribution is 0.0946. The van der Waals surface area contributed by atoms with Crippen LogP contribution < -0.4 is 5.32 Å². The molecule has 0 bridgehead atoms. The zero-order valence-electron chi connectivity index (χ0n) is 10.7. The molecule has 0 spiro atoms. The molecule has 19 heavy (non-hydrogen) atoms. The van der Waals surface area contributed by atoms with E-state index in [1.165, 1.54) is 0 Å². The molecule has 6 heteroatoms. The largest absolute Gasteiger partial charge is 0.463 e. The monoisotopic (exact) mass is 258 g/mol. The van der Waals surface area contributed by atoms with E-state index >= 15 is 0 Å². The smallest absolute Gasteiger partial charge is 0.268 e. The van der Waals surface area contributed by atoms with Crippen LogP contribution in [0.5, 0.6) is 0 Å². The van der Waals surface area contributed by atoms with E-state index in [0.29, 0.717) is 17.8 Å². The van der Waals surface area contributed by atoms with E-state index in [9.17, 15) is 4.79 Å². The summed E-state index contributed by atoms with van der Waals surface area (Å²) in [6.45, 7) is 2.36. The average molecular weight is 258 g/mol. The number of fused-ring (bicyclic) bond motifs is 1. The van der Waals surface area contributed by atoms with Gasteiger partial charge in [0.15, 0.2) is 5.58 Å². The summed E-state index contributed by atoms with van der Waals surface area (Å²) in [4.78, 5) is 15.0. The van der Waals surface area contributed by atoms with Crippen molar-refractivity contribution >= 4 is 17.0 Å². The molecule has 98 valence electrons. The minimum Gasteiger partial charge on any atom is -0.463 e. The predicted octanol–water partition coefficient (Wildman–Crippen LogP) is 1.73. The number of nitrogens with one attached hydrogen (secondary N) is 2. The van der Waals surface area contributed by atoms with Gasteiger partial charge in [-0.05, 0) is 13.0 Å². The normalized spacial score (nSPS) is 11.1. The fraction of sp³-hybridized carbons (Fsp3) is 0.231. The maximum atomic E-state index is 12.0. The Hall–Kier alpha value is -2.50. The quantitative estimate of drug-likeness (QED) is 0.751. The third-order valence-corrected chi connectivity index (χ3v) is 3.01. The van der Waals surface area contributed by atoms with E-state index in [0.717, 1.165) is 16.9 Å². The maximum absolute atomic E-state index is 12.0. The summed E-state index contributed by atoms with van der Waals surface area (Å²) >= 11 is 0. The first-order chi connectivity index (χ1) is 9.13. The zero-order chi connectivity index (χ0) is 13.4. The number of hydrogen-bond acceptors (Lipinski definition) is 3. The number of amides is 1. The number of furan rings is 1. The van der Waals surface area contributed by atoms with Crippen molar-refractivity contribution < 1.29 is 9.21 Å². The first-order valence-corrected chi connectivity index (χ1v) is 5.97. The lowest BCUT2D eigenvalue weighted by Crippen LogP contribution is -2.24. The number of carbonyl (C=O) groups is 1. The van der Waals surface area contributed by atoms with Crippen LogP contribution in [0.15, 0.2) is 28.9 Å². The van der Waals surface area contributed by atoms with E-state index in [1.807, 2.05) is 20.0 Å². The van der Waals surface area contributed by atoms with Crippen LogP contribution in [0.3, 0.4) is 0 Å². The molecule has 0 aliphatic heterocycles. The molecule has 3 heterocycles. The van der Waals surface area contributed by atoms with Crippen molar-refractivity contribution in [2.24, 2.45) is 7.05 Å². The molecule has 0 saturated carbocycles. The first kappa shape index (κ1) is 11.6. The second-order valence-corrected chi connectivity index (χ2v) is 4.46. The van der Waals surface area contributed by atoms with Crippen molar-refractivity contribution in [1.82, 2.24) is 20.1 Å². The molecular formula is C13H14N4O2. The van der Waals surface area contributed by atoms with Gasteiger partial charge < -0.3 is 14.7 Å². The van der Waals surface area contributed by atoms with Gasteiger partial charge in [-0.1, -0.05) is 0 Å². The molecule has 3 aromatic rings. The Morgan fingerprint density at radius 3 is 3.05 bits per heavy atom. The molecule has 6 nitrogen and oxygen atoms in total. The van der Waals surface area contributed by atoms with E-state index in [2.05, 4.69) is 15.4 Å². The molecule has 2 N–H and O–H groups in total. The highest BCUT2D eigenvalue weighted by Crippen LogP contribution is 2.15. The summed E-state index contributed by atoms with van der Waals surface area (Å²) in [6, 6.07) is 5.43. The SMILES string of the molecule is Cc1cc(CNC(=O)c2cc3occc3[nH]2)n(C)n1. The fourth-order valence-corrected chi connectivity index (χ4v) is 2.07. The predicted molar refractivity (Wildman–Crippen MR) is 69.7 cm³/mol. The highest BCUT2D eigenvalue weighted by molar-refractivity contribution is 5.96. The lowest BCUT2D eigenvalue weighted by Gasteiger charge is -2.03. The van der Waals surface area contributed by atoms with Crippen LogP contribution in [0.25, 0.3) is 11.1 Å². The second-order valence-electron chi connectivity index (χ2n) is 4.46. The van der Waals surface area contributed by atoms with Crippen molar-refractivity contribution in [3.05, 3.63) is 41.5 Å². The number of H-pyrrole nitrogens is 1. The number of rotatable bonds is 3. The average Bonchev–Trinajstić information content (AvgIpc) is 3.00. The molecule has 0 atom stereocenters. The number of aromatic amines is 1. The van der Waals surface area contributed by atoms with Gasteiger partial charge in [0.2, 0.25) is 0 Å². The number of aryl methyl sites for hydroxylation is 2. The Labute approximate surface area is 109 Å². The highest BCUT2D eigenvalue weighted by atomic mass is 16.3. The zero-order valence-corrected chi connectivity index (χ0v) is 10.7. The highest BCUT2D eigenvalue weighted by Gasteiger charge is 2.11. The van der Waals surface area contributed by atoms with Crippen molar-refractivity contribution in [3.8, 4) is 0 Å². The Kier molecular flexibility index (Phi) is 2.63. The van der Waals surface area contributed by atoms with Crippen LogP contribution in [0, 0.1) is 6.92 Å². The number of aromatic nitrogens is 3. The van der Waals surface area contributed by atoms with E-state index in [-0.39, 0.29) is 5.91 Å². The summed E-state index contributed by atoms with van der Waals surface area (Å²) in [7, 11) is 1.86. The Bertz CT molecular complexity index is 706. The number of nitrogens with zero attached hydrogens (tertiary/aromatic N) is 2. The topological polar surface area (TPSA) is 75.8 Å².